The second-order valence-corrected chi connectivity index (χ2v) is 9.10. The number of nitrogens with zero attached hydrogens (tertiary/aromatic N) is 2. The summed E-state index contributed by atoms with van der Waals surface area (Å²) in [6.07, 6.45) is 4.88. The first kappa shape index (κ1) is 20.8. The maximum absolute atomic E-state index is 13.4. The van der Waals surface area contributed by atoms with E-state index in [2.05, 4.69) is 17.4 Å². The van der Waals surface area contributed by atoms with Crippen molar-refractivity contribution in [3.63, 3.8) is 0 Å². The number of thioether (sulfide) groups is 1. The van der Waals surface area contributed by atoms with Crippen LogP contribution in [0.2, 0.25) is 0 Å². The van der Waals surface area contributed by atoms with Crippen LogP contribution in [0.25, 0.3) is 22.1 Å². The molecule has 4 aromatic rings. The third kappa shape index (κ3) is 4.17. The zero-order valence-electron chi connectivity index (χ0n) is 17.8. The van der Waals surface area contributed by atoms with Crippen molar-refractivity contribution in [2.75, 3.05) is 12.3 Å². The summed E-state index contributed by atoms with van der Waals surface area (Å²) < 4.78 is 7.64. The van der Waals surface area contributed by atoms with Crippen molar-refractivity contribution in [3.8, 4) is 0 Å². The molecule has 0 unspecified atom stereocenters. The molecule has 0 radical (unpaired) electrons. The minimum absolute atomic E-state index is 0.0599. The first-order chi connectivity index (χ1) is 15.7. The average molecular weight is 448 g/mol. The van der Waals surface area contributed by atoms with Crippen LogP contribution >= 0.6 is 11.8 Å². The Morgan fingerprint density at radius 3 is 2.66 bits per heavy atom. The highest BCUT2D eigenvalue weighted by Gasteiger charge is 2.25. The molecule has 2 heterocycles. The van der Waals surface area contributed by atoms with E-state index < -0.39 is 0 Å². The van der Waals surface area contributed by atoms with Crippen LogP contribution in [0.1, 0.15) is 37.3 Å². The van der Waals surface area contributed by atoms with Crippen LogP contribution in [0.15, 0.2) is 69.0 Å². The van der Waals surface area contributed by atoms with E-state index in [-0.39, 0.29) is 23.3 Å². The smallest absolute Gasteiger partial charge is 0.298 e. The molecule has 2 aromatic heterocycles. The Hall–Kier alpha value is -3.06. The van der Waals surface area contributed by atoms with Gasteiger partial charge in [0.15, 0.2) is 5.16 Å². The maximum Gasteiger partial charge on any atom is 0.298 e. The molecule has 32 heavy (non-hydrogen) atoms. The van der Waals surface area contributed by atoms with Gasteiger partial charge in [-0.1, -0.05) is 67.1 Å². The number of hydrogen-bond donors (Lipinski definition) is 1. The van der Waals surface area contributed by atoms with Gasteiger partial charge in [-0.25, -0.2) is 4.98 Å². The number of furan rings is 1. The van der Waals surface area contributed by atoms with Crippen molar-refractivity contribution < 1.29 is 9.21 Å². The van der Waals surface area contributed by atoms with Crippen molar-refractivity contribution in [3.05, 3.63) is 70.5 Å². The maximum atomic E-state index is 13.4. The molecule has 1 saturated carbocycles. The van der Waals surface area contributed by atoms with E-state index in [9.17, 15) is 9.59 Å². The number of aromatic nitrogens is 2. The number of hydrogen-bond acceptors (Lipinski definition) is 5. The number of carbonyl (C=O) groups is 1. The number of nitrogens with one attached hydrogen (secondary N) is 1. The molecule has 1 N–H and O–H groups in total. The van der Waals surface area contributed by atoms with Gasteiger partial charge >= 0.3 is 0 Å². The van der Waals surface area contributed by atoms with Crippen LogP contribution in [0.4, 0.5) is 0 Å². The van der Waals surface area contributed by atoms with Gasteiger partial charge in [-0.3, -0.25) is 14.2 Å². The molecule has 7 heteroatoms. The second-order valence-electron chi connectivity index (χ2n) is 8.16. The van der Waals surface area contributed by atoms with Gasteiger partial charge in [-0.15, -0.1) is 0 Å². The third-order valence-electron chi connectivity index (χ3n) is 6.00. The molecule has 0 aliphatic heterocycles. The molecule has 1 aliphatic carbocycles. The van der Waals surface area contributed by atoms with E-state index in [1.165, 1.54) is 17.3 Å². The van der Waals surface area contributed by atoms with Crippen molar-refractivity contribution in [2.24, 2.45) is 0 Å². The van der Waals surface area contributed by atoms with Crippen LogP contribution in [0.5, 0.6) is 0 Å². The Morgan fingerprint density at radius 2 is 1.84 bits per heavy atom. The van der Waals surface area contributed by atoms with E-state index >= 15 is 0 Å². The highest BCUT2D eigenvalue weighted by atomic mass is 32.2. The van der Waals surface area contributed by atoms with Crippen LogP contribution < -0.4 is 10.9 Å². The number of carbonyl (C=O) groups excluding carboxylic acids is 1. The van der Waals surface area contributed by atoms with E-state index in [1.54, 1.807) is 4.57 Å². The fourth-order valence-corrected chi connectivity index (χ4v) is 5.28. The summed E-state index contributed by atoms with van der Waals surface area (Å²) in [5.41, 5.74) is 2.58. The van der Waals surface area contributed by atoms with Gasteiger partial charge in [-0.05, 0) is 37.0 Å². The number of para-hydroxylation sites is 1. The number of rotatable bonds is 7. The summed E-state index contributed by atoms with van der Waals surface area (Å²) in [7, 11) is 0. The first-order valence-corrected chi connectivity index (χ1v) is 12.1. The van der Waals surface area contributed by atoms with Gasteiger partial charge in [0.05, 0.1) is 5.75 Å². The quantitative estimate of drug-likeness (QED) is 0.328. The molecule has 2 aromatic carbocycles. The van der Waals surface area contributed by atoms with Crippen LogP contribution in [0.3, 0.4) is 0 Å². The topological polar surface area (TPSA) is 77.1 Å². The summed E-state index contributed by atoms with van der Waals surface area (Å²) >= 11 is 1.33. The summed E-state index contributed by atoms with van der Waals surface area (Å²) in [6.45, 7) is 0.581. The SMILES string of the molecule is O=C(CSc1nc2c(oc3ccccc32)c(=O)n1C1CCCC1)NCCc1ccccc1. The Balaban J connectivity index is 1.38. The van der Waals surface area contributed by atoms with Gasteiger partial charge in [-0.2, -0.15) is 0 Å². The number of fused-ring (bicyclic) bond motifs is 3. The van der Waals surface area contributed by atoms with E-state index in [4.69, 9.17) is 9.40 Å². The standard InChI is InChI=1S/C25H25N3O3S/c29-21(26-15-14-17-8-2-1-3-9-17)16-32-25-27-22-19-12-6-7-13-20(19)31-23(22)24(30)28(25)18-10-4-5-11-18/h1-3,6-9,12-13,18H,4-5,10-11,14-16H2,(H,26,29). The Kier molecular flexibility index (Phi) is 5.99. The van der Waals surface area contributed by atoms with Crippen molar-refractivity contribution in [2.45, 2.75) is 43.3 Å². The lowest BCUT2D eigenvalue weighted by Crippen LogP contribution is -2.29. The van der Waals surface area contributed by atoms with Crippen LogP contribution in [0, 0.1) is 0 Å². The predicted octanol–water partition coefficient (Wildman–Crippen LogP) is 4.71. The third-order valence-corrected chi connectivity index (χ3v) is 6.95. The van der Waals surface area contributed by atoms with Gasteiger partial charge < -0.3 is 9.73 Å². The summed E-state index contributed by atoms with van der Waals surface area (Å²) in [6, 6.07) is 17.7. The normalized spacial score (nSPS) is 14.4. The highest BCUT2D eigenvalue weighted by Crippen LogP contribution is 2.34. The molecule has 0 saturated heterocycles. The lowest BCUT2D eigenvalue weighted by Gasteiger charge is -2.17. The molecule has 1 aliphatic rings. The lowest BCUT2D eigenvalue weighted by atomic mass is 10.1. The fourth-order valence-electron chi connectivity index (χ4n) is 4.39. The molecule has 6 nitrogen and oxygen atoms in total. The van der Waals surface area contributed by atoms with Crippen molar-refractivity contribution in [1.82, 2.24) is 14.9 Å². The second kappa shape index (κ2) is 9.20. The number of amides is 1. The molecule has 5 rings (SSSR count). The molecular weight excluding hydrogens is 422 g/mol. The zero-order valence-corrected chi connectivity index (χ0v) is 18.6. The van der Waals surface area contributed by atoms with Gasteiger partial charge in [0.25, 0.3) is 5.56 Å². The molecule has 0 bridgehead atoms. The summed E-state index contributed by atoms with van der Waals surface area (Å²) in [4.78, 5) is 30.7. The zero-order chi connectivity index (χ0) is 21.9. The van der Waals surface area contributed by atoms with Crippen LogP contribution in [-0.4, -0.2) is 27.8 Å². The minimum Gasteiger partial charge on any atom is -0.448 e. The summed E-state index contributed by atoms with van der Waals surface area (Å²) in [5.74, 6) is 0.158. The van der Waals surface area contributed by atoms with Crippen molar-refractivity contribution >= 4 is 39.7 Å². The fraction of sp³-hybridized carbons (Fsp3) is 0.320. The predicted molar refractivity (Wildman–Crippen MR) is 127 cm³/mol. The van der Waals surface area contributed by atoms with Crippen LogP contribution in [-0.2, 0) is 11.2 Å². The molecule has 0 atom stereocenters. The van der Waals surface area contributed by atoms with Gasteiger partial charge in [0.2, 0.25) is 11.5 Å². The molecule has 1 amide bonds. The Bertz CT molecular complexity index is 1310. The average Bonchev–Trinajstić information content (AvgIpc) is 3.47. The molecular formula is C25H25N3O3S. The Labute approximate surface area is 190 Å². The molecule has 1 fully saturated rings. The van der Waals surface area contributed by atoms with Gasteiger partial charge in [0.1, 0.15) is 11.1 Å². The lowest BCUT2D eigenvalue weighted by molar-refractivity contribution is -0.118. The highest BCUT2D eigenvalue weighted by molar-refractivity contribution is 7.99. The van der Waals surface area contributed by atoms with E-state index in [0.717, 1.165) is 37.5 Å². The van der Waals surface area contributed by atoms with E-state index in [0.29, 0.717) is 28.4 Å². The molecule has 164 valence electrons. The summed E-state index contributed by atoms with van der Waals surface area (Å²) in [5, 5.41) is 4.40. The largest absolute Gasteiger partial charge is 0.448 e. The van der Waals surface area contributed by atoms with Crippen molar-refractivity contribution in [1.29, 1.82) is 0 Å². The van der Waals surface area contributed by atoms with Gasteiger partial charge in [0, 0.05) is 18.0 Å². The number of benzene rings is 2. The minimum atomic E-state index is -0.148. The van der Waals surface area contributed by atoms with E-state index in [1.807, 2.05) is 42.5 Å². The Morgan fingerprint density at radius 1 is 1.09 bits per heavy atom. The molecule has 0 spiro atoms. The monoisotopic (exact) mass is 447 g/mol. The first-order valence-electron chi connectivity index (χ1n) is 11.1.